The number of pyridine rings is 1. The highest BCUT2D eigenvalue weighted by molar-refractivity contribution is 6.01. The molecule has 0 aliphatic carbocycles. The number of nitrogens with zero attached hydrogens (tertiary/aromatic N) is 2. The fourth-order valence-electron chi connectivity index (χ4n) is 2.54. The Bertz CT molecular complexity index is 541. The summed E-state index contributed by atoms with van der Waals surface area (Å²) in [7, 11) is 1.96. The van der Waals surface area contributed by atoms with Crippen molar-refractivity contribution < 1.29 is 0 Å². The van der Waals surface area contributed by atoms with E-state index in [1.165, 1.54) is 10.8 Å². The number of benzene rings is 1. The summed E-state index contributed by atoms with van der Waals surface area (Å²) in [6.45, 7) is 4.09. The van der Waals surface area contributed by atoms with Gasteiger partial charge >= 0.3 is 0 Å². The normalized spacial score (nSPS) is 15.9. The Kier molecular flexibility index (Phi) is 3.02. The maximum Gasteiger partial charge on any atom is 0.138 e. The molecular weight excluding hydrogens is 224 g/mol. The van der Waals surface area contributed by atoms with Gasteiger partial charge in [-0.1, -0.05) is 12.1 Å². The second-order valence-corrected chi connectivity index (χ2v) is 4.53. The van der Waals surface area contributed by atoms with Crippen molar-refractivity contribution in [3.8, 4) is 0 Å². The number of hydrogen-bond acceptors (Lipinski definition) is 4. The van der Waals surface area contributed by atoms with Gasteiger partial charge < -0.3 is 15.5 Å². The number of fused-ring (bicyclic) bond motifs is 1. The first kappa shape index (κ1) is 11.3. The molecule has 4 heteroatoms. The summed E-state index contributed by atoms with van der Waals surface area (Å²) in [5.41, 5.74) is 1.15. The minimum Gasteiger partial charge on any atom is -0.388 e. The van der Waals surface area contributed by atoms with Crippen LogP contribution in [-0.4, -0.2) is 38.2 Å². The number of aromatic nitrogens is 1. The summed E-state index contributed by atoms with van der Waals surface area (Å²) >= 11 is 0. The van der Waals surface area contributed by atoms with Crippen molar-refractivity contribution in [3.63, 3.8) is 0 Å². The Balaban J connectivity index is 2.15. The first-order valence-electron chi connectivity index (χ1n) is 6.41. The van der Waals surface area contributed by atoms with E-state index in [-0.39, 0.29) is 0 Å². The standard InChI is InChI=1S/C14H18N4/c1-15-12-4-2-3-11-5-6-17-14(13(11)12)18-9-7-16-8-10-18/h2-6,15-16H,7-10H2,1H3. The predicted molar refractivity (Wildman–Crippen MR) is 76.4 cm³/mol. The van der Waals surface area contributed by atoms with Crippen molar-refractivity contribution in [2.45, 2.75) is 0 Å². The van der Waals surface area contributed by atoms with Gasteiger partial charge in [0, 0.05) is 50.5 Å². The molecule has 1 aliphatic rings. The third-order valence-corrected chi connectivity index (χ3v) is 3.46. The summed E-state index contributed by atoms with van der Waals surface area (Å²) in [5.74, 6) is 1.10. The van der Waals surface area contributed by atoms with E-state index in [1.54, 1.807) is 0 Å². The third-order valence-electron chi connectivity index (χ3n) is 3.46. The molecule has 2 N–H and O–H groups in total. The van der Waals surface area contributed by atoms with Crippen LogP contribution in [0.2, 0.25) is 0 Å². The average Bonchev–Trinajstić information content (AvgIpc) is 2.47. The second-order valence-electron chi connectivity index (χ2n) is 4.53. The summed E-state index contributed by atoms with van der Waals surface area (Å²) in [6, 6.07) is 8.40. The van der Waals surface area contributed by atoms with Crippen molar-refractivity contribution >= 4 is 22.3 Å². The molecule has 0 amide bonds. The third kappa shape index (κ3) is 1.88. The molecule has 3 rings (SSSR count). The zero-order valence-corrected chi connectivity index (χ0v) is 10.6. The van der Waals surface area contributed by atoms with Crippen molar-refractivity contribution in [2.24, 2.45) is 0 Å². The van der Waals surface area contributed by atoms with Crippen molar-refractivity contribution in [1.82, 2.24) is 10.3 Å². The fourth-order valence-corrected chi connectivity index (χ4v) is 2.54. The molecule has 18 heavy (non-hydrogen) atoms. The summed E-state index contributed by atoms with van der Waals surface area (Å²) in [6.07, 6.45) is 1.90. The second kappa shape index (κ2) is 4.82. The largest absolute Gasteiger partial charge is 0.388 e. The lowest BCUT2D eigenvalue weighted by molar-refractivity contribution is 0.586. The zero-order valence-electron chi connectivity index (χ0n) is 10.6. The van der Waals surface area contributed by atoms with Crippen LogP contribution in [-0.2, 0) is 0 Å². The number of hydrogen-bond donors (Lipinski definition) is 2. The van der Waals surface area contributed by atoms with Gasteiger partial charge in [-0.3, -0.25) is 0 Å². The van der Waals surface area contributed by atoms with Gasteiger partial charge in [0.05, 0.1) is 0 Å². The molecule has 1 fully saturated rings. The van der Waals surface area contributed by atoms with Crippen LogP contribution in [0.1, 0.15) is 0 Å². The van der Waals surface area contributed by atoms with E-state index in [0.29, 0.717) is 0 Å². The molecule has 1 aromatic heterocycles. The van der Waals surface area contributed by atoms with Gasteiger partial charge in [-0.05, 0) is 17.5 Å². The SMILES string of the molecule is CNc1cccc2ccnc(N3CCNCC3)c12. The van der Waals surface area contributed by atoms with Crippen LogP contribution >= 0.6 is 0 Å². The Hall–Kier alpha value is -1.81. The highest BCUT2D eigenvalue weighted by Gasteiger charge is 2.15. The topological polar surface area (TPSA) is 40.2 Å². The van der Waals surface area contributed by atoms with Crippen LogP contribution in [0, 0.1) is 0 Å². The first-order chi connectivity index (χ1) is 8.90. The molecule has 0 bridgehead atoms. The minimum absolute atomic E-state index is 1.02. The van der Waals surface area contributed by atoms with Gasteiger partial charge in [0.2, 0.25) is 0 Å². The maximum atomic E-state index is 4.60. The molecule has 0 saturated carbocycles. The number of rotatable bonds is 2. The van der Waals surface area contributed by atoms with Crippen LogP contribution in [0.25, 0.3) is 10.8 Å². The van der Waals surface area contributed by atoms with Gasteiger partial charge in [-0.2, -0.15) is 0 Å². The monoisotopic (exact) mass is 242 g/mol. The van der Waals surface area contributed by atoms with Gasteiger partial charge in [-0.15, -0.1) is 0 Å². The lowest BCUT2D eigenvalue weighted by Crippen LogP contribution is -2.44. The Morgan fingerprint density at radius 2 is 2.06 bits per heavy atom. The Morgan fingerprint density at radius 3 is 2.83 bits per heavy atom. The molecule has 1 aromatic carbocycles. The number of anilines is 2. The zero-order chi connectivity index (χ0) is 12.4. The lowest BCUT2D eigenvalue weighted by Gasteiger charge is -2.29. The van der Waals surface area contributed by atoms with E-state index in [1.807, 2.05) is 13.2 Å². The smallest absolute Gasteiger partial charge is 0.138 e. The molecule has 1 aliphatic heterocycles. The quantitative estimate of drug-likeness (QED) is 0.840. The van der Waals surface area contributed by atoms with E-state index in [2.05, 4.69) is 44.8 Å². The molecule has 2 heterocycles. The van der Waals surface area contributed by atoms with Crippen LogP contribution in [0.4, 0.5) is 11.5 Å². The highest BCUT2D eigenvalue weighted by Crippen LogP contribution is 2.31. The van der Waals surface area contributed by atoms with Crippen LogP contribution in [0.3, 0.4) is 0 Å². The van der Waals surface area contributed by atoms with E-state index >= 15 is 0 Å². The predicted octanol–water partition coefficient (Wildman–Crippen LogP) is 1.69. The first-order valence-corrected chi connectivity index (χ1v) is 6.41. The summed E-state index contributed by atoms with van der Waals surface area (Å²) in [5, 5.41) is 9.11. The number of nitrogens with one attached hydrogen (secondary N) is 2. The number of piperazine rings is 1. The molecular formula is C14H18N4. The van der Waals surface area contributed by atoms with E-state index in [0.717, 1.165) is 37.7 Å². The van der Waals surface area contributed by atoms with E-state index < -0.39 is 0 Å². The molecule has 2 aromatic rings. The maximum absolute atomic E-state index is 4.60. The molecule has 4 nitrogen and oxygen atoms in total. The van der Waals surface area contributed by atoms with Gasteiger partial charge in [0.1, 0.15) is 5.82 Å². The van der Waals surface area contributed by atoms with Gasteiger partial charge in [0.25, 0.3) is 0 Å². The molecule has 0 unspecified atom stereocenters. The van der Waals surface area contributed by atoms with Gasteiger partial charge in [0.15, 0.2) is 0 Å². The molecule has 94 valence electrons. The highest BCUT2D eigenvalue weighted by atomic mass is 15.2. The lowest BCUT2D eigenvalue weighted by atomic mass is 10.1. The van der Waals surface area contributed by atoms with Crippen LogP contribution < -0.4 is 15.5 Å². The molecule has 1 saturated heterocycles. The van der Waals surface area contributed by atoms with E-state index in [4.69, 9.17) is 0 Å². The van der Waals surface area contributed by atoms with Crippen molar-refractivity contribution in [2.75, 3.05) is 43.4 Å². The minimum atomic E-state index is 1.02. The van der Waals surface area contributed by atoms with Crippen molar-refractivity contribution in [3.05, 3.63) is 30.5 Å². The fraction of sp³-hybridized carbons (Fsp3) is 0.357. The van der Waals surface area contributed by atoms with Gasteiger partial charge in [-0.25, -0.2) is 4.98 Å². The average molecular weight is 242 g/mol. The van der Waals surface area contributed by atoms with Crippen molar-refractivity contribution in [1.29, 1.82) is 0 Å². The van der Waals surface area contributed by atoms with E-state index in [9.17, 15) is 0 Å². The molecule has 0 radical (unpaired) electrons. The Morgan fingerprint density at radius 1 is 1.22 bits per heavy atom. The molecule has 0 atom stereocenters. The van der Waals surface area contributed by atoms with Crippen LogP contribution in [0.15, 0.2) is 30.5 Å². The Labute approximate surface area is 107 Å². The van der Waals surface area contributed by atoms with Crippen LogP contribution in [0.5, 0.6) is 0 Å². The summed E-state index contributed by atoms with van der Waals surface area (Å²) in [4.78, 5) is 6.96. The molecule has 0 spiro atoms. The summed E-state index contributed by atoms with van der Waals surface area (Å²) < 4.78 is 0.